The Bertz CT molecular complexity index is 306. The van der Waals surface area contributed by atoms with Gasteiger partial charge in [0, 0.05) is 6.04 Å². The van der Waals surface area contributed by atoms with Crippen molar-refractivity contribution in [1.82, 2.24) is 9.59 Å². The summed E-state index contributed by atoms with van der Waals surface area (Å²) in [4.78, 5) is 1.13. The molecule has 1 rings (SSSR count). The maximum Gasteiger partial charge on any atom is 0.0800 e. The predicted octanol–water partition coefficient (Wildman–Crippen LogP) is 2.46. The van der Waals surface area contributed by atoms with Crippen molar-refractivity contribution in [3.8, 4) is 0 Å². The number of aryl methyl sites for hydroxylation is 1. The van der Waals surface area contributed by atoms with Crippen LogP contribution < -0.4 is 5.73 Å². The lowest BCUT2D eigenvalue weighted by atomic mass is 10.1. The molecule has 0 amide bonds. The molecule has 0 aliphatic rings. The fourth-order valence-corrected chi connectivity index (χ4v) is 2.05. The first kappa shape index (κ1) is 11.3. The standard InChI is InChI=1S/C10H17N3S/c1-4-9-10(14-13-12-9)8(11)6-5-7(2)3/h8H,2,4-6,11H2,1,3H3. The van der Waals surface area contributed by atoms with Gasteiger partial charge in [-0.15, -0.1) is 11.7 Å². The van der Waals surface area contributed by atoms with Crippen LogP contribution in [0.3, 0.4) is 0 Å². The third-order valence-corrected chi connectivity index (χ3v) is 3.04. The average molecular weight is 211 g/mol. The first-order valence-electron chi connectivity index (χ1n) is 4.86. The summed E-state index contributed by atoms with van der Waals surface area (Å²) in [5, 5.41) is 4.05. The molecule has 3 nitrogen and oxygen atoms in total. The molecule has 1 aromatic rings. The van der Waals surface area contributed by atoms with E-state index in [4.69, 9.17) is 5.73 Å². The van der Waals surface area contributed by atoms with Crippen molar-refractivity contribution in [2.24, 2.45) is 5.73 Å². The van der Waals surface area contributed by atoms with Gasteiger partial charge in [-0.1, -0.05) is 17.0 Å². The van der Waals surface area contributed by atoms with E-state index in [0.29, 0.717) is 0 Å². The van der Waals surface area contributed by atoms with Gasteiger partial charge in [-0.3, -0.25) is 0 Å². The molecule has 1 atom stereocenters. The Morgan fingerprint density at radius 1 is 1.64 bits per heavy atom. The smallest absolute Gasteiger partial charge is 0.0800 e. The van der Waals surface area contributed by atoms with E-state index in [0.717, 1.165) is 29.8 Å². The molecule has 1 heterocycles. The summed E-state index contributed by atoms with van der Waals surface area (Å²) in [7, 11) is 0. The average Bonchev–Trinajstić information content (AvgIpc) is 2.61. The predicted molar refractivity (Wildman–Crippen MR) is 60.3 cm³/mol. The minimum Gasteiger partial charge on any atom is -0.323 e. The molecule has 0 saturated heterocycles. The third-order valence-electron chi connectivity index (χ3n) is 2.14. The first-order chi connectivity index (χ1) is 6.65. The topological polar surface area (TPSA) is 51.8 Å². The molecular weight excluding hydrogens is 194 g/mol. The van der Waals surface area contributed by atoms with Gasteiger partial charge in [0.25, 0.3) is 0 Å². The zero-order valence-electron chi connectivity index (χ0n) is 8.79. The fourth-order valence-electron chi connectivity index (χ4n) is 1.28. The van der Waals surface area contributed by atoms with Crippen molar-refractivity contribution in [1.29, 1.82) is 0 Å². The molecule has 1 aromatic heterocycles. The lowest BCUT2D eigenvalue weighted by Crippen LogP contribution is -2.10. The fraction of sp³-hybridized carbons (Fsp3) is 0.600. The van der Waals surface area contributed by atoms with Gasteiger partial charge in [-0.2, -0.15) is 0 Å². The van der Waals surface area contributed by atoms with Gasteiger partial charge in [0.15, 0.2) is 0 Å². The quantitative estimate of drug-likeness (QED) is 0.761. The second kappa shape index (κ2) is 5.22. The molecule has 0 fully saturated rings. The van der Waals surface area contributed by atoms with Crippen LogP contribution in [0.25, 0.3) is 0 Å². The molecule has 14 heavy (non-hydrogen) atoms. The number of aromatic nitrogens is 2. The molecule has 1 unspecified atom stereocenters. The summed E-state index contributed by atoms with van der Waals surface area (Å²) in [6.45, 7) is 7.97. The Morgan fingerprint density at radius 2 is 2.36 bits per heavy atom. The Morgan fingerprint density at radius 3 is 2.93 bits per heavy atom. The minimum atomic E-state index is 0.0710. The monoisotopic (exact) mass is 211 g/mol. The Labute approximate surface area is 89.2 Å². The number of rotatable bonds is 5. The SMILES string of the molecule is C=C(C)CCC(N)c1snnc1CC. The van der Waals surface area contributed by atoms with Gasteiger partial charge >= 0.3 is 0 Å². The Hall–Kier alpha value is -0.740. The van der Waals surface area contributed by atoms with E-state index in [1.165, 1.54) is 17.1 Å². The van der Waals surface area contributed by atoms with Crippen molar-refractivity contribution >= 4 is 11.5 Å². The van der Waals surface area contributed by atoms with Crippen LogP contribution >= 0.6 is 11.5 Å². The summed E-state index contributed by atoms with van der Waals surface area (Å²) in [5.41, 5.74) is 8.28. The van der Waals surface area contributed by atoms with Crippen LogP contribution in [-0.2, 0) is 6.42 Å². The van der Waals surface area contributed by atoms with Gasteiger partial charge in [0.05, 0.1) is 10.6 Å². The van der Waals surface area contributed by atoms with Crippen LogP contribution in [-0.4, -0.2) is 9.59 Å². The van der Waals surface area contributed by atoms with Gasteiger partial charge < -0.3 is 5.73 Å². The van der Waals surface area contributed by atoms with E-state index < -0.39 is 0 Å². The second-order valence-corrected chi connectivity index (χ2v) is 4.33. The molecule has 0 aromatic carbocycles. The summed E-state index contributed by atoms with van der Waals surface area (Å²) in [6, 6.07) is 0.0710. The molecular formula is C10H17N3S. The number of allylic oxidation sites excluding steroid dienone is 1. The van der Waals surface area contributed by atoms with E-state index in [2.05, 4.69) is 23.1 Å². The van der Waals surface area contributed by atoms with Gasteiger partial charge in [-0.25, -0.2) is 0 Å². The highest BCUT2D eigenvalue weighted by atomic mass is 32.1. The highest BCUT2D eigenvalue weighted by molar-refractivity contribution is 7.05. The van der Waals surface area contributed by atoms with Crippen LogP contribution in [0, 0.1) is 0 Å². The zero-order chi connectivity index (χ0) is 10.6. The number of hydrogen-bond donors (Lipinski definition) is 1. The van der Waals surface area contributed by atoms with E-state index in [1.807, 2.05) is 6.92 Å². The van der Waals surface area contributed by atoms with Crippen molar-refractivity contribution in [3.05, 3.63) is 22.7 Å². The largest absolute Gasteiger partial charge is 0.323 e. The number of nitrogens with two attached hydrogens (primary N) is 1. The molecule has 4 heteroatoms. The van der Waals surface area contributed by atoms with Crippen molar-refractivity contribution < 1.29 is 0 Å². The molecule has 2 N–H and O–H groups in total. The number of nitrogens with zero attached hydrogens (tertiary/aromatic N) is 2. The maximum absolute atomic E-state index is 6.05. The minimum absolute atomic E-state index is 0.0710. The van der Waals surface area contributed by atoms with Crippen LogP contribution in [0.2, 0.25) is 0 Å². The molecule has 0 bridgehead atoms. The van der Waals surface area contributed by atoms with Crippen LogP contribution in [0.15, 0.2) is 12.2 Å². The summed E-state index contributed by atoms with van der Waals surface area (Å²) in [6.07, 6.45) is 2.82. The highest BCUT2D eigenvalue weighted by Crippen LogP contribution is 2.23. The van der Waals surface area contributed by atoms with E-state index in [9.17, 15) is 0 Å². The van der Waals surface area contributed by atoms with E-state index in [1.54, 1.807) is 0 Å². The first-order valence-corrected chi connectivity index (χ1v) is 5.63. The number of hydrogen-bond acceptors (Lipinski definition) is 4. The highest BCUT2D eigenvalue weighted by Gasteiger charge is 2.13. The van der Waals surface area contributed by atoms with Crippen molar-refractivity contribution in [2.75, 3.05) is 0 Å². The molecule has 0 aliphatic carbocycles. The van der Waals surface area contributed by atoms with E-state index in [-0.39, 0.29) is 6.04 Å². The second-order valence-electron chi connectivity index (χ2n) is 3.54. The zero-order valence-corrected chi connectivity index (χ0v) is 9.60. The van der Waals surface area contributed by atoms with Crippen molar-refractivity contribution in [3.63, 3.8) is 0 Å². The Kier molecular flexibility index (Phi) is 4.22. The van der Waals surface area contributed by atoms with E-state index >= 15 is 0 Å². The Balaban J connectivity index is 2.59. The van der Waals surface area contributed by atoms with Crippen LogP contribution in [0.4, 0.5) is 0 Å². The maximum atomic E-state index is 6.05. The van der Waals surface area contributed by atoms with Crippen LogP contribution in [0.1, 0.15) is 43.3 Å². The molecule has 0 spiro atoms. The lowest BCUT2D eigenvalue weighted by molar-refractivity contribution is 0.651. The molecule has 0 radical (unpaired) electrons. The van der Waals surface area contributed by atoms with Gasteiger partial charge in [0.1, 0.15) is 0 Å². The van der Waals surface area contributed by atoms with Gasteiger partial charge in [0.2, 0.25) is 0 Å². The lowest BCUT2D eigenvalue weighted by Gasteiger charge is -2.09. The summed E-state index contributed by atoms with van der Waals surface area (Å²) >= 11 is 1.42. The van der Waals surface area contributed by atoms with Crippen LogP contribution in [0.5, 0.6) is 0 Å². The third kappa shape index (κ3) is 2.89. The summed E-state index contributed by atoms with van der Waals surface area (Å²) in [5.74, 6) is 0. The summed E-state index contributed by atoms with van der Waals surface area (Å²) < 4.78 is 3.93. The molecule has 78 valence electrons. The molecule has 0 saturated carbocycles. The normalized spacial score (nSPS) is 12.8. The van der Waals surface area contributed by atoms with Crippen molar-refractivity contribution in [2.45, 2.75) is 39.2 Å². The molecule has 0 aliphatic heterocycles. The van der Waals surface area contributed by atoms with Gasteiger partial charge in [-0.05, 0) is 37.7 Å².